The molecule has 0 saturated heterocycles. The molecule has 0 spiro atoms. The lowest BCUT2D eigenvalue weighted by atomic mass is 10.2. The summed E-state index contributed by atoms with van der Waals surface area (Å²) in [6.45, 7) is 0.0528. The zero-order valence-corrected chi connectivity index (χ0v) is 13.8. The number of para-hydroxylation sites is 1. The van der Waals surface area contributed by atoms with Gasteiger partial charge in [0, 0.05) is 5.56 Å². The van der Waals surface area contributed by atoms with Gasteiger partial charge in [0.15, 0.2) is 0 Å². The van der Waals surface area contributed by atoms with Crippen molar-refractivity contribution in [3.63, 3.8) is 0 Å². The molecule has 26 heavy (non-hydrogen) atoms. The fourth-order valence-corrected chi connectivity index (χ4v) is 3.02. The normalized spacial score (nSPS) is 11.1. The molecule has 0 amide bonds. The Balaban J connectivity index is 1.95. The van der Waals surface area contributed by atoms with Gasteiger partial charge < -0.3 is 4.42 Å². The number of aromatic nitrogens is 2. The lowest BCUT2D eigenvalue weighted by Gasteiger charge is -2.14. The number of hydrogen-bond acceptors (Lipinski definition) is 3. The lowest BCUT2D eigenvalue weighted by molar-refractivity contribution is 0.478. The average molecular weight is 350 g/mol. The van der Waals surface area contributed by atoms with Gasteiger partial charge >= 0.3 is 5.69 Å². The average Bonchev–Trinajstić information content (AvgIpc) is 3.17. The Bertz CT molecular complexity index is 1190. The van der Waals surface area contributed by atoms with Gasteiger partial charge in [0.25, 0.3) is 5.56 Å². The molecule has 0 aliphatic rings. The number of halogens is 1. The van der Waals surface area contributed by atoms with E-state index in [1.54, 1.807) is 54.6 Å². The van der Waals surface area contributed by atoms with Crippen LogP contribution in [-0.4, -0.2) is 9.13 Å². The Morgan fingerprint density at radius 2 is 1.62 bits per heavy atom. The molecule has 2 heterocycles. The minimum Gasteiger partial charge on any atom is -0.467 e. The molecule has 6 heteroatoms. The topological polar surface area (TPSA) is 57.1 Å². The smallest absolute Gasteiger partial charge is 0.332 e. The van der Waals surface area contributed by atoms with Crippen molar-refractivity contribution in [2.75, 3.05) is 0 Å². The highest BCUT2D eigenvalue weighted by atomic mass is 19.1. The van der Waals surface area contributed by atoms with E-state index in [-0.39, 0.29) is 13.1 Å². The maximum absolute atomic E-state index is 14.1. The van der Waals surface area contributed by atoms with E-state index in [0.29, 0.717) is 22.2 Å². The number of rotatable bonds is 4. The second-order valence-electron chi connectivity index (χ2n) is 5.95. The fraction of sp³-hybridized carbons (Fsp3) is 0.100. The van der Waals surface area contributed by atoms with Gasteiger partial charge in [-0.3, -0.25) is 13.9 Å². The van der Waals surface area contributed by atoms with E-state index < -0.39 is 17.1 Å². The Labute approximate surface area is 147 Å². The third-order valence-electron chi connectivity index (χ3n) is 4.31. The van der Waals surface area contributed by atoms with Gasteiger partial charge in [-0.15, -0.1) is 0 Å². The molecule has 0 unspecified atom stereocenters. The molecular formula is C20H15FN2O3. The first-order valence-corrected chi connectivity index (χ1v) is 8.13. The van der Waals surface area contributed by atoms with Gasteiger partial charge in [-0.1, -0.05) is 30.3 Å². The molecule has 5 nitrogen and oxygen atoms in total. The third-order valence-corrected chi connectivity index (χ3v) is 4.31. The molecule has 0 fully saturated rings. The van der Waals surface area contributed by atoms with Gasteiger partial charge in [-0.2, -0.15) is 0 Å². The predicted octanol–water partition coefficient (Wildman–Crippen LogP) is 2.99. The summed E-state index contributed by atoms with van der Waals surface area (Å²) in [6, 6.07) is 16.5. The summed E-state index contributed by atoms with van der Waals surface area (Å²) in [5.74, 6) is 0.101. The van der Waals surface area contributed by atoms with E-state index in [2.05, 4.69) is 0 Å². The zero-order valence-electron chi connectivity index (χ0n) is 13.8. The van der Waals surface area contributed by atoms with E-state index in [0.717, 1.165) is 4.57 Å². The highest BCUT2D eigenvalue weighted by Gasteiger charge is 2.15. The van der Waals surface area contributed by atoms with Crippen molar-refractivity contribution in [1.29, 1.82) is 0 Å². The lowest BCUT2D eigenvalue weighted by Crippen LogP contribution is -2.40. The van der Waals surface area contributed by atoms with Crippen molar-refractivity contribution in [3.8, 4) is 0 Å². The van der Waals surface area contributed by atoms with Gasteiger partial charge in [-0.05, 0) is 30.3 Å². The summed E-state index contributed by atoms with van der Waals surface area (Å²) in [4.78, 5) is 25.8. The molecule has 0 N–H and O–H groups in total. The molecule has 0 saturated carbocycles. The maximum atomic E-state index is 14.1. The first-order chi connectivity index (χ1) is 12.6. The second kappa shape index (κ2) is 6.48. The molecule has 2 aromatic heterocycles. The molecule has 0 atom stereocenters. The molecule has 0 aliphatic carbocycles. The van der Waals surface area contributed by atoms with Crippen molar-refractivity contribution < 1.29 is 8.81 Å². The molecular weight excluding hydrogens is 335 g/mol. The summed E-state index contributed by atoms with van der Waals surface area (Å²) < 4.78 is 21.9. The van der Waals surface area contributed by atoms with Gasteiger partial charge in [0.05, 0.1) is 30.3 Å². The second-order valence-corrected chi connectivity index (χ2v) is 5.95. The van der Waals surface area contributed by atoms with E-state index in [9.17, 15) is 14.0 Å². The standard InChI is InChI=1S/C20H15FN2O3/c21-17-9-3-1-6-14(17)12-22-18-10-4-2-8-16(18)19(24)23(20(22)25)13-15-7-5-11-26-15/h1-11H,12-13H2. The molecule has 0 bridgehead atoms. The number of nitrogens with zero attached hydrogens (tertiary/aromatic N) is 2. The van der Waals surface area contributed by atoms with Crippen LogP contribution in [0.4, 0.5) is 4.39 Å². The van der Waals surface area contributed by atoms with Crippen LogP contribution in [0.25, 0.3) is 10.9 Å². The predicted molar refractivity (Wildman–Crippen MR) is 95.8 cm³/mol. The Morgan fingerprint density at radius 3 is 2.38 bits per heavy atom. The SMILES string of the molecule is O=c1c2ccccc2n(Cc2ccccc2F)c(=O)n1Cc1ccco1. The van der Waals surface area contributed by atoms with E-state index in [1.165, 1.54) is 16.9 Å². The molecule has 0 aliphatic heterocycles. The van der Waals surface area contributed by atoms with Crippen LogP contribution in [0.1, 0.15) is 11.3 Å². The quantitative estimate of drug-likeness (QED) is 0.569. The molecule has 4 rings (SSSR count). The summed E-state index contributed by atoms with van der Waals surface area (Å²) in [6.07, 6.45) is 1.49. The van der Waals surface area contributed by atoms with E-state index in [4.69, 9.17) is 4.42 Å². The van der Waals surface area contributed by atoms with Crippen LogP contribution in [0, 0.1) is 5.82 Å². The number of benzene rings is 2. The summed E-state index contributed by atoms with van der Waals surface area (Å²) in [5.41, 5.74) is -0.0514. The molecule has 2 aromatic carbocycles. The monoisotopic (exact) mass is 350 g/mol. The van der Waals surface area contributed by atoms with Crippen LogP contribution in [-0.2, 0) is 13.1 Å². The van der Waals surface area contributed by atoms with Crippen molar-refractivity contribution in [2.45, 2.75) is 13.1 Å². The maximum Gasteiger partial charge on any atom is 0.332 e. The first kappa shape index (κ1) is 16.1. The fourth-order valence-electron chi connectivity index (χ4n) is 3.02. The summed E-state index contributed by atoms with van der Waals surface area (Å²) >= 11 is 0. The van der Waals surface area contributed by atoms with Crippen LogP contribution in [0.15, 0.2) is 80.9 Å². The Kier molecular flexibility index (Phi) is 4.01. The van der Waals surface area contributed by atoms with Gasteiger partial charge in [0.1, 0.15) is 11.6 Å². The highest BCUT2D eigenvalue weighted by molar-refractivity contribution is 5.77. The van der Waals surface area contributed by atoms with Crippen molar-refractivity contribution >= 4 is 10.9 Å². The highest BCUT2D eigenvalue weighted by Crippen LogP contribution is 2.13. The van der Waals surface area contributed by atoms with E-state index in [1.807, 2.05) is 0 Å². The Morgan fingerprint density at radius 1 is 0.846 bits per heavy atom. The van der Waals surface area contributed by atoms with Crippen molar-refractivity contribution in [2.24, 2.45) is 0 Å². The minimum absolute atomic E-state index is 0.0206. The Hall–Kier alpha value is -3.41. The molecule has 130 valence electrons. The van der Waals surface area contributed by atoms with Crippen molar-refractivity contribution in [1.82, 2.24) is 9.13 Å². The van der Waals surface area contributed by atoms with Gasteiger partial charge in [0.2, 0.25) is 0 Å². The zero-order chi connectivity index (χ0) is 18.1. The number of fused-ring (bicyclic) bond motifs is 1. The van der Waals surface area contributed by atoms with Crippen LogP contribution >= 0.6 is 0 Å². The van der Waals surface area contributed by atoms with E-state index >= 15 is 0 Å². The van der Waals surface area contributed by atoms with Crippen LogP contribution in [0.5, 0.6) is 0 Å². The summed E-state index contributed by atoms with van der Waals surface area (Å²) in [7, 11) is 0. The van der Waals surface area contributed by atoms with Gasteiger partial charge in [-0.25, -0.2) is 9.18 Å². The minimum atomic E-state index is -0.506. The molecule has 0 radical (unpaired) electrons. The largest absolute Gasteiger partial charge is 0.467 e. The van der Waals surface area contributed by atoms with Crippen molar-refractivity contribution in [3.05, 3.63) is 105 Å². The number of hydrogen-bond donors (Lipinski definition) is 0. The number of furan rings is 1. The first-order valence-electron chi connectivity index (χ1n) is 8.13. The van der Waals surface area contributed by atoms with Crippen LogP contribution in [0.3, 0.4) is 0 Å². The van der Waals surface area contributed by atoms with Crippen LogP contribution < -0.4 is 11.2 Å². The third kappa shape index (κ3) is 2.75. The van der Waals surface area contributed by atoms with Crippen LogP contribution in [0.2, 0.25) is 0 Å². The molecule has 4 aromatic rings. The summed E-state index contributed by atoms with van der Waals surface area (Å²) in [5, 5.41) is 0.398.